The van der Waals surface area contributed by atoms with E-state index >= 15 is 0 Å². The van der Waals surface area contributed by atoms with Gasteiger partial charge in [-0.1, -0.05) is 46.0 Å². The standard InChI is InChI=1S/C17H28O3S/c1-3-5-7-8-14-20-16-10-12-17(13-11-16)21(18,19)15-9-6-4-2/h10-13H,3-9,14-15H2,1-2H3. The first kappa shape index (κ1) is 18.0. The summed E-state index contributed by atoms with van der Waals surface area (Å²) >= 11 is 0. The van der Waals surface area contributed by atoms with Crippen LogP contribution in [0.5, 0.6) is 5.75 Å². The predicted octanol–water partition coefficient (Wildman–Crippen LogP) is 4.61. The molecule has 0 atom stereocenters. The van der Waals surface area contributed by atoms with Gasteiger partial charge in [-0.2, -0.15) is 0 Å². The summed E-state index contributed by atoms with van der Waals surface area (Å²) in [7, 11) is -3.14. The summed E-state index contributed by atoms with van der Waals surface area (Å²) in [5, 5.41) is 0. The third-order valence-electron chi connectivity index (χ3n) is 3.47. The smallest absolute Gasteiger partial charge is 0.178 e. The van der Waals surface area contributed by atoms with Gasteiger partial charge in [0, 0.05) is 0 Å². The van der Waals surface area contributed by atoms with Crippen LogP contribution in [0.1, 0.15) is 58.8 Å². The molecular formula is C17H28O3S. The highest BCUT2D eigenvalue weighted by atomic mass is 32.2. The summed E-state index contributed by atoms with van der Waals surface area (Å²) in [4.78, 5) is 0.400. The van der Waals surface area contributed by atoms with E-state index in [1.807, 2.05) is 0 Å². The van der Waals surface area contributed by atoms with Gasteiger partial charge in [0.25, 0.3) is 0 Å². The summed E-state index contributed by atoms with van der Waals surface area (Å²) in [5.74, 6) is 0.983. The van der Waals surface area contributed by atoms with E-state index < -0.39 is 9.84 Å². The van der Waals surface area contributed by atoms with Gasteiger partial charge in [-0.05, 0) is 37.1 Å². The Balaban J connectivity index is 2.45. The van der Waals surface area contributed by atoms with Crippen molar-refractivity contribution in [3.63, 3.8) is 0 Å². The molecule has 1 rings (SSSR count). The van der Waals surface area contributed by atoms with E-state index in [4.69, 9.17) is 4.74 Å². The largest absolute Gasteiger partial charge is 0.494 e. The maximum absolute atomic E-state index is 12.1. The van der Waals surface area contributed by atoms with Crippen molar-refractivity contribution < 1.29 is 13.2 Å². The Morgan fingerprint density at radius 3 is 2.10 bits per heavy atom. The number of sulfone groups is 1. The van der Waals surface area contributed by atoms with Crippen LogP contribution in [0.15, 0.2) is 29.2 Å². The molecule has 0 saturated carbocycles. The number of rotatable bonds is 11. The van der Waals surface area contributed by atoms with Crippen LogP contribution in [0.25, 0.3) is 0 Å². The van der Waals surface area contributed by atoms with Crippen molar-refractivity contribution >= 4 is 9.84 Å². The molecule has 0 spiro atoms. The highest BCUT2D eigenvalue weighted by Crippen LogP contribution is 2.18. The molecule has 1 aromatic rings. The Labute approximate surface area is 129 Å². The Bertz CT molecular complexity index is 477. The fraction of sp³-hybridized carbons (Fsp3) is 0.647. The second-order valence-corrected chi connectivity index (χ2v) is 7.52. The first-order chi connectivity index (χ1) is 10.1. The van der Waals surface area contributed by atoms with Crippen LogP contribution >= 0.6 is 0 Å². The molecule has 0 N–H and O–H groups in total. The quantitative estimate of drug-likeness (QED) is 0.560. The van der Waals surface area contributed by atoms with Gasteiger partial charge in [-0.3, -0.25) is 0 Å². The third kappa shape index (κ3) is 6.98. The lowest BCUT2D eigenvalue weighted by Crippen LogP contribution is -2.06. The van der Waals surface area contributed by atoms with Gasteiger partial charge in [0.1, 0.15) is 5.75 Å². The summed E-state index contributed by atoms with van der Waals surface area (Å²) in [6, 6.07) is 6.82. The number of unbranched alkanes of at least 4 members (excludes halogenated alkanes) is 5. The fourth-order valence-electron chi connectivity index (χ4n) is 2.12. The van der Waals surface area contributed by atoms with E-state index in [9.17, 15) is 8.42 Å². The highest BCUT2D eigenvalue weighted by molar-refractivity contribution is 7.91. The van der Waals surface area contributed by atoms with Crippen LogP contribution in [0, 0.1) is 0 Å². The molecule has 0 amide bonds. The molecular weight excluding hydrogens is 284 g/mol. The second kappa shape index (κ2) is 9.82. The number of ether oxygens (including phenoxy) is 1. The molecule has 120 valence electrons. The SMILES string of the molecule is CCCCCCOc1ccc(S(=O)(=O)CCCCC)cc1. The lowest BCUT2D eigenvalue weighted by molar-refractivity contribution is 0.305. The van der Waals surface area contributed by atoms with Crippen molar-refractivity contribution in [3.8, 4) is 5.75 Å². The van der Waals surface area contributed by atoms with Crippen molar-refractivity contribution in [1.29, 1.82) is 0 Å². The van der Waals surface area contributed by atoms with Gasteiger partial charge in [-0.25, -0.2) is 8.42 Å². The average Bonchev–Trinajstić information content (AvgIpc) is 2.48. The summed E-state index contributed by atoms with van der Waals surface area (Å²) in [6.45, 7) is 4.95. The first-order valence-electron chi connectivity index (χ1n) is 8.05. The minimum absolute atomic E-state index is 0.234. The molecule has 0 radical (unpaired) electrons. The van der Waals surface area contributed by atoms with E-state index in [0.717, 1.165) is 31.4 Å². The molecule has 4 heteroatoms. The van der Waals surface area contributed by atoms with Crippen LogP contribution in [-0.2, 0) is 9.84 Å². The summed E-state index contributed by atoms with van der Waals surface area (Å²) in [6.07, 6.45) is 7.39. The summed E-state index contributed by atoms with van der Waals surface area (Å²) < 4.78 is 29.8. The zero-order valence-corrected chi connectivity index (χ0v) is 14.1. The van der Waals surface area contributed by atoms with Crippen LogP contribution in [0.4, 0.5) is 0 Å². The fourth-order valence-corrected chi connectivity index (χ4v) is 3.49. The van der Waals surface area contributed by atoms with E-state index in [-0.39, 0.29) is 5.75 Å². The van der Waals surface area contributed by atoms with E-state index in [2.05, 4.69) is 13.8 Å². The van der Waals surface area contributed by atoms with Gasteiger partial charge in [0.2, 0.25) is 0 Å². The van der Waals surface area contributed by atoms with Crippen molar-refractivity contribution in [2.24, 2.45) is 0 Å². The van der Waals surface area contributed by atoms with Crippen LogP contribution < -0.4 is 4.74 Å². The molecule has 0 aliphatic rings. The topological polar surface area (TPSA) is 43.4 Å². The maximum atomic E-state index is 12.1. The zero-order chi connectivity index (χ0) is 15.6. The molecule has 0 unspecified atom stereocenters. The van der Waals surface area contributed by atoms with E-state index in [1.54, 1.807) is 24.3 Å². The second-order valence-electron chi connectivity index (χ2n) is 5.41. The Hall–Kier alpha value is -1.03. The normalized spacial score (nSPS) is 11.5. The van der Waals surface area contributed by atoms with Crippen LogP contribution in [0.2, 0.25) is 0 Å². The Kier molecular flexibility index (Phi) is 8.43. The molecule has 0 fully saturated rings. The molecule has 0 aliphatic heterocycles. The Morgan fingerprint density at radius 2 is 1.48 bits per heavy atom. The van der Waals surface area contributed by atoms with Gasteiger partial charge in [-0.15, -0.1) is 0 Å². The van der Waals surface area contributed by atoms with Crippen LogP contribution in [-0.4, -0.2) is 20.8 Å². The lowest BCUT2D eigenvalue weighted by atomic mass is 10.2. The molecule has 1 aromatic carbocycles. The third-order valence-corrected chi connectivity index (χ3v) is 5.28. The summed E-state index contributed by atoms with van der Waals surface area (Å²) in [5.41, 5.74) is 0. The average molecular weight is 312 g/mol. The monoisotopic (exact) mass is 312 g/mol. The van der Waals surface area contributed by atoms with Gasteiger partial charge >= 0.3 is 0 Å². The molecule has 0 heterocycles. The molecule has 3 nitrogen and oxygen atoms in total. The zero-order valence-electron chi connectivity index (χ0n) is 13.3. The number of benzene rings is 1. The molecule has 21 heavy (non-hydrogen) atoms. The first-order valence-corrected chi connectivity index (χ1v) is 9.71. The maximum Gasteiger partial charge on any atom is 0.178 e. The molecule has 0 saturated heterocycles. The molecule has 0 aliphatic carbocycles. The van der Waals surface area contributed by atoms with Gasteiger partial charge in [0.05, 0.1) is 17.3 Å². The minimum atomic E-state index is -3.14. The van der Waals surface area contributed by atoms with E-state index in [1.165, 1.54) is 19.3 Å². The molecule has 0 aromatic heterocycles. The van der Waals surface area contributed by atoms with Crippen molar-refractivity contribution in [2.75, 3.05) is 12.4 Å². The van der Waals surface area contributed by atoms with Crippen molar-refractivity contribution in [1.82, 2.24) is 0 Å². The lowest BCUT2D eigenvalue weighted by Gasteiger charge is -2.08. The number of hydrogen-bond acceptors (Lipinski definition) is 3. The van der Waals surface area contributed by atoms with Gasteiger partial charge < -0.3 is 4.74 Å². The Morgan fingerprint density at radius 1 is 0.857 bits per heavy atom. The number of hydrogen-bond donors (Lipinski definition) is 0. The van der Waals surface area contributed by atoms with Crippen molar-refractivity contribution in [3.05, 3.63) is 24.3 Å². The van der Waals surface area contributed by atoms with E-state index in [0.29, 0.717) is 11.5 Å². The minimum Gasteiger partial charge on any atom is -0.494 e. The van der Waals surface area contributed by atoms with Gasteiger partial charge in [0.15, 0.2) is 9.84 Å². The molecule has 0 bridgehead atoms. The highest BCUT2D eigenvalue weighted by Gasteiger charge is 2.13. The van der Waals surface area contributed by atoms with Crippen molar-refractivity contribution in [2.45, 2.75) is 63.7 Å². The predicted molar refractivity (Wildman–Crippen MR) is 87.7 cm³/mol. The van der Waals surface area contributed by atoms with Crippen LogP contribution in [0.3, 0.4) is 0 Å².